The molecule has 0 fully saturated rings. The maximum atomic E-state index is 13.9. The van der Waals surface area contributed by atoms with Crippen LogP contribution < -0.4 is 5.73 Å². The summed E-state index contributed by atoms with van der Waals surface area (Å²) in [6, 6.07) is 14.1. The molecule has 2 atom stereocenters. The van der Waals surface area contributed by atoms with Gasteiger partial charge in [0.25, 0.3) is 0 Å². The van der Waals surface area contributed by atoms with E-state index in [9.17, 15) is 8.78 Å². The van der Waals surface area contributed by atoms with E-state index in [0.29, 0.717) is 18.2 Å². The van der Waals surface area contributed by atoms with Crippen LogP contribution in [0.5, 0.6) is 0 Å². The van der Waals surface area contributed by atoms with E-state index in [1.54, 1.807) is 0 Å². The van der Waals surface area contributed by atoms with E-state index in [0.717, 1.165) is 23.6 Å². The van der Waals surface area contributed by atoms with Gasteiger partial charge in [-0.15, -0.1) is 0 Å². The number of carbonyl (C=O) groups is 1. The summed E-state index contributed by atoms with van der Waals surface area (Å²) in [6.07, 6.45) is 3.09. The lowest BCUT2D eigenvalue weighted by Gasteiger charge is -2.19. The molecule has 0 aromatic heterocycles. The second kappa shape index (κ2) is 14.6. The topological polar surface area (TPSA) is 46.3 Å². The SMILES string of the molecule is C=O.CC.CC[C@@H](C)N.CN1CC(c2cc(F)ccc2F)=CC1c1ccccc1. The van der Waals surface area contributed by atoms with E-state index in [1.165, 1.54) is 12.1 Å². The average Bonchev–Trinajstić information content (AvgIpc) is 3.15. The molecule has 2 aromatic rings. The average molecular weight is 405 g/mol. The molecule has 0 saturated carbocycles. The maximum absolute atomic E-state index is 13.9. The normalized spacial score (nSPS) is 16.1. The van der Waals surface area contributed by atoms with Gasteiger partial charge in [-0.2, -0.15) is 0 Å². The first-order chi connectivity index (χ1) is 13.9. The van der Waals surface area contributed by atoms with Gasteiger partial charge in [0.2, 0.25) is 0 Å². The molecule has 1 aliphatic rings. The Balaban J connectivity index is 0.000000752. The minimum atomic E-state index is -0.409. The number of rotatable bonds is 3. The summed E-state index contributed by atoms with van der Waals surface area (Å²) in [7, 11) is 1.98. The van der Waals surface area contributed by atoms with E-state index >= 15 is 0 Å². The summed E-state index contributed by atoms with van der Waals surface area (Å²) >= 11 is 0. The minimum absolute atomic E-state index is 0.105. The van der Waals surface area contributed by atoms with Crippen molar-refractivity contribution in [3.63, 3.8) is 0 Å². The molecule has 29 heavy (non-hydrogen) atoms. The number of nitrogens with two attached hydrogens (primary N) is 1. The fraction of sp³-hybridized carbons (Fsp3) is 0.375. The molecular formula is C24H34F2N2O. The van der Waals surface area contributed by atoms with Crippen molar-refractivity contribution in [2.45, 2.75) is 46.2 Å². The highest BCUT2D eigenvalue weighted by atomic mass is 19.1. The first-order valence-corrected chi connectivity index (χ1v) is 9.88. The molecule has 0 spiro atoms. The van der Waals surface area contributed by atoms with Crippen LogP contribution in [0.15, 0.2) is 54.6 Å². The minimum Gasteiger partial charge on any atom is -0.328 e. The van der Waals surface area contributed by atoms with Gasteiger partial charge < -0.3 is 10.5 Å². The number of carbonyl (C=O) groups excluding carboxylic acids is 1. The van der Waals surface area contributed by atoms with Crippen molar-refractivity contribution in [3.05, 3.63) is 77.4 Å². The number of nitrogens with zero attached hydrogens (tertiary/aromatic N) is 1. The van der Waals surface area contributed by atoms with Gasteiger partial charge in [0.15, 0.2) is 0 Å². The summed E-state index contributed by atoms with van der Waals surface area (Å²) in [5, 5.41) is 0. The third-order valence-electron chi connectivity index (χ3n) is 4.31. The number of halogens is 2. The Morgan fingerprint density at radius 2 is 1.69 bits per heavy atom. The van der Waals surface area contributed by atoms with Crippen LogP contribution in [0.2, 0.25) is 0 Å². The van der Waals surface area contributed by atoms with Gasteiger partial charge in [-0.05, 0) is 49.7 Å². The number of benzene rings is 2. The monoisotopic (exact) mass is 404 g/mol. The van der Waals surface area contributed by atoms with Crippen LogP contribution in [0, 0.1) is 11.6 Å². The molecule has 3 rings (SSSR count). The molecule has 1 heterocycles. The molecule has 2 N–H and O–H groups in total. The van der Waals surface area contributed by atoms with E-state index < -0.39 is 5.82 Å². The van der Waals surface area contributed by atoms with Gasteiger partial charge in [-0.3, -0.25) is 4.90 Å². The lowest BCUT2D eigenvalue weighted by Crippen LogP contribution is -2.19. The van der Waals surface area contributed by atoms with Gasteiger partial charge in [-0.1, -0.05) is 57.2 Å². The first-order valence-electron chi connectivity index (χ1n) is 9.88. The van der Waals surface area contributed by atoms with Crippen molar-refractivity contribution < 1.29 is 13.6 Å². The van der Waals surface area contributed by atoms with Gasteiger partial charge in [0.1, 0.15) is 18.4 Å². The van der Waals surface area contributed by atoms with Crippen molar-refractivity contribution in [2.24, 2.45) is 5.73 Å². The quantitative estimate of drug-likeness (QED) is 0.722. The van der Waals surface area contributed by atoms with Crippen LogP contribution in [0.1, 0.15) is 51.3 Å². The van der Waals surface area contributed by atoms with Crippen molar-refractivity contribution in [3.8, 4) is 0 Å². The second-order valence-corrected chi connectivity index (χ2v) is 6.47. The highest BCUT2D eigenvalue weighted by Crippen LogP contribution is 2.34. The zero-order chi connectivity index (χ0) is 22.4. The van der Waals surface area contributed by atoms with E-state index in [4.69, 9.17) is 10.5 Å². The zero-order valence-electron chi connectivity index (χ0n) is 18.2. The van der Waals surface area contributed by atoms with E-state index in [-0.39, 0.29) is 11.9 Å². The van der Waals surface area contributed by atoms with Crippen molar-refractivity contribution in [1.29, 1.82) is 0 Å². The third kappa shape index (κ3) is 8.67. The standard InChI is InChI=1S/C17H15F2N.C4H11N.C2H6.CH2O/c1-20-11-13(15-10-14(18)7-8-16(15)19)9-17(20)12-5-3-2-4-6-12;1-3-4(2)5;2*1-2/h2-10,17H,11H2,1H3;4H,3,5H2,1-2H3;1-2H3;1H2/t;4-;;/m.1../s1. The highest BCUT2D eigenvalue weighted by Gasteiger charge is 2.25. The molecule has 3 nitrogen and oxygen atoms in total. The lowest BCUT2D eigenvalue weighted by atomic mass is 10.0. The molecular weight excluding hydrogens is 370 g/mol. The van der Waals surface area contributed by atoms with Crippen LogP contribution in [0.3, 0.4) is 0 Å². The van der Waals surface area contributed by atoms with Gasteiger partial charge in [0, 0.05) is 18.2 Å². The van der Waals surface area contributed by atoms with Gasteiger partial charge in [-0.25, -0.2) is 8.78 Å². The first kappa shape index (κ1) is 26.6. The van der Waals surface area contributed by atoms with E-state index in [2.05, 4.69) is 11.8 Å². The Morgan fingerprint density at radius 3 is 2.21 bits per heavy atom. The Bertz CT molecular complexity index is 733. The Labute approximate surface area is 174 Å². The summed E-state index contributed by atoms with van der Waals surface area (Å²) in [5.41, 5.74) is 7.63. The third-order valence-corrected chi connectivity index (χ3v) is 4.31. The number of hydrogen-bond donors (Lipinski definition) is 1. The molecule has 0 radical (unpaired) electrons. The molecule has 2 aromatic carbocycles. The van der Waals surface area contributed by atoms with Gasteiger partial charge >= 0.3 is 0 Å². The second-order valence-electron chi connectivity index (χ2n) is 6.47. The van der Waals surface area contributed by atoms with Crippen molar-refractivity contribution >= 4 is 12.4 Å². The zero-order valence-corrected chi connectivity index (χ0v) is 18.2. The fourth-order valence-electron chi connectivity index (χ4n) is 2.66. The number of likely N-dealkylation sites (N-methyl/N-ethyl adjacent to an activating group) is 1. The van der Waals surface area contributed by atoms with Crippen LogP contribution in [0.4, 0.5) is 8.78 Å². The molecule has 1 unspecified atom stereocenters. The number of hydrogen-bond acceptors (Lipinski definition) is 3. The predicted octanol–water partition coefficient (Wildman–Crippen LogP) is 5.62. The lowest BCUT2D eigenvalue weighted by molar-refractivity contribution is -0.0979. The Hall–Kier alpha value is -2.37. The summed E-state index contributed by atoms with van der Waals surface area (Å²) in [6.45, 7) is 10.7. The molecule has 0 bridgehead atoms. The predicted molar refractivity (Wildman–Crippen MR) is 119 cm³/mol. The largest absolute Gasteiger partial charge is 0.328 e. The molecule has 160 valence electrons. The van der Waals surface area contributed by atoms with Crippen LogP contribution in [-0.4, -0.2) is 31.3 Å². The molecule has 0 saturated heterocycles. The molecule has 1 aliphatic heterocycles. The van der Waals surface area contributed by atoms with Crippen LogP contribution >= 0.6 is 0 Å². The Morgan fingerprint density at radius 1 is 1.14 bits per heavy atom. The maximum Gasteiger partial charge on any atom is 0.130 e. The molecule has 0 aliphatic carbocycles. The van der Waals surface area contributed by atoms with Crippen molar-refractivity contribution in [1.82, 2.24) is 4.90 Å². The summed E-state index contributed by atoms with van der Waals surface area (Å²) in [5.74, 6) is -0.784. The van der Waals surface area contributed by atoms with Crippen molar-refractivity contribution in [2.75, 3.05) is 13.6 Å². The van der Waals surface area contributed by atoms with Gasteiger partial charge in [0.05, 0.1) is 6.04 Å². The highest BCUT2D eigenvalue weighted by molar-refractivity contribution is 5.70. The van der Waals surface area contributed by atoms with E-state index in [1.807, 2.05) is 71.0 Å². The van der Waals surface area contributed by atoms with Crippen LogP contribution in [0.25, 0.3) is 5.57 Å². The smallest absolute Gasteiger partial charge is 0.130 e. The van der Waals surface area contributed by atoms with Crippen LogP contribution in [-0.2, 0) is 4.79 Å². The molecule has 5 heteroatoms. The summed E-state index contributed by atoms with van der Waals surface area (Å²) < 4.78 is 27.2. The molecule has 0 amide bonds. The fourth-order valence-corrected chi connectivity index (χ4v) is 2.66. The Kier molecular flexibility index (Phi) is 13.4. The summed E-state index contributed by atoms with van der Waals surface area (Å²) in [4.78, 5) is 10.1.